The van der Waals surface area contributed by atoms with Gasteiger partial charge in [0.15, 0.2) is 0 Å². The zero-order chi connectivity index (χ0) is 25.1. The van der Waals surface area contributed by atoms with Crippen molar-refractivity contribution in [3.63, 3.8) is 0 Å². The summed E-state index contributed by atoms with van der Waals surface area (Å²) in [6.07, 6.45) is 0.545. The Balaban J connectivity index is 1.16. The van der Waals surface area contributed by atoms with Crippen molar-refractivity contribution in [2.45, 2.75) is 19.3 Å². The predicted molar refractivity (Wildman–Crippen MR) is 128 cm³/mol. The zero-order valence-corrected chi connectivity index (χ0v) is 19.9. The molecule has 1 atom stereocenters. The number of benzene rings is 2. The van der Waals surface area contributed by atoms with Gasteiger partial charge in [0, 0.05) is 18.1 Å². The van der Waals surface area contributed by atoms with Gasteiger partial charge in [-0.1, -0.05) is 16.8 Å². The summed E-state index contributed by atoms with van der Waals surface area (Å²) in [5, 5.41) is 8.54. The molecule has 0 unspecified atom stereocenters. The summed E-state index contributed by atoms with van der Waals surface area (Å²) in [6.45, 7) is 2.75. The first-order chi connectivity index (χ1) is 17.5. The Kier molecular flexibility index (Phi) is 7.01. The first kappa shape index (κ1) is 24.0. The van der Waals surface area contributed by atoms with E-state index in [2.05, 4.69) is 10.3 Å². The fraction of sp³-hybridized carbons (Fsp3) is 0.333. The van der Waals surface area contributed by atoms with Crippen LogP contribution in [-0.2, 0) is 27.4 Å². The standard InChI is InChI=1S/C24H23ClFN5O5/c25-17-3-1-16(2-4-17)23(32)35-15-18-12-30(28-27-18)13-20-14-31(24(33)36-20)19-5-6-22(21(26)11-19)29-7-9-34-10-8-29/h1-6,11-12,20H,7-10,13-15H2/t20-/m0/s1. The lowest BCUT2D eigenvalue weighted by atomic mass is 10.2. The molecule has 12 heteroatoms. The molecule has 0 N–H and O–H groups in total. The summed E-state index contributed by atoms with van der Waals surface area (Å²) in [5.74, 6) is -0.909. The van der Waals surface area contributed by atoms with E-state index < -0.39 is 24.0 Å². The second kappa shape index (κ2) is 10.5. The highest BCUT2D eigenvalue weighted by atomic mass is 35.5. The van der Waals surface area contributed by atoms with Gasteiger partial charge in [-0.25, -0.2) is 18.7 Å². The largest absolute Gasteiger partial charge is 0.455 e. The highest BCUT2D eigenvalue weighted by molar-refractivity contribution is 6.30. The minimum Gasteiger partial charge on any atom is -0.455 e. The van der Waals surface area contributed by atoms with Gasteiger partial charge in [-0.3, -0.25) is 4.90 Å². The van der Waals surface area contributed by atoms with Gasteiger partial charge in [0.05, 0.1) is 49.4 Å². The maximum absolute atomic E-state index is 14.8. The lowest BCUT2D eigenvalue weighted by Crippen LogP contribution is -2.36. The van der Waals surface area contributed by atoms with E-state index in [9.17, 15) is 14.0 Å². The molecular weight excluding hydrogens is 493 g/mol. The Bertz CT molecular complexity index is 1250. The Morgan fingerprint density at radius 3 is 2.69 bits per heavy atom. The molecule has 188 valence electrons. The molecule has 2 saturated heterocycles. The van der Waals surface area contributed by atoms with Crippen LogP contribution in [-0.4, -0.2) is 66.0 Å². The quantitative estimate of drug-likeness (QED) is 0.442. The van der Waals surface area contributed by atoms with Gasteiger partial charge in [-0.2, -0.15) is 0 Å². The van der Waals surface area contributed by atoms with E-state index in [4.69, 9.17) is 25.8 Å². The zero-order valence-electron chi connectivity index (χ0n) is 19.2. The number of nitrogens with zero attached hydrogens (tertiary/aromatic N) is 5. The molecule has 2 fully saturated rings. The van der Waals surface area contributed by atoms with Crippen LogP contribution in [0.3, 0.4) is 0 Å². The SMILES string of the molecule is O=C(OCc1cn(C[C@H]2CN(c3ccc(N4CCOCC4)c(F)c3)C(=O)O2)nn1)c1ccc(Cl)cc1. The molecule has 0 aliphatic carbocycles. The van der Waals surface area contributed by atoms with Gasteiger partial charge in [0.2, 0.25) is 0 Å². The average molecular weight is 516 g/mol. The van der Waals surface area contributed by atoms with Crippen LogP contribution in [0.2, 0.25) is 5.02 Å². The molecule has 1 aromatic heterocycles. The Morgan fingerprint density at radius 1 is 1.17 bits per heavy atom. The summed E-state index contributed by atoms with van der Waals surface area (Å²) in [7, 11) is 0. The van der Waals surface area contributed by atoms with Crippen LogP contribution in [0.25, 0.3) is 0 Å². The summed E-state index contributed by atoms with van der Waals surface area (Å²) in [4.78, 5) is 27.9. The molecule has 2 aliphatic rings. The minimum atomic E-state index is -0.559. The number of carbonyl (C=O) groups excluding carboxylic acids is 2. The summed E-state index contributed by atoms with van der Waals surface area (Å²) in [6, 6.07) is 11.1. The van der Waals surface area contributed by atoms with Gasteiger partial charge < -0.3 is 19.1 Å². The molecule has 5 rings (SSSR count). The topological polar surface area (TPSA) is 99.0 Å². The number of carbonyl (C=O) groups is 2. The number of rotatable bonds is 7. The van der Waals surface area contributed by atoms with E-state index in [1.54, 1.807) is 42.6 Å². The van der Waals surface area contributed by atoms with E-state index in [0.717, 1.165) is 0 Å². The number of aromatic nitrogens is 3. The summed E-state index contributed by atoms with van der Waals surface area (Å²) < 4.78 is 32.3. The lowest BCUT2D eigenvalue weighted by molar-refractivity contribution is 0.0467. The Morgan fingerprint density at radius 2 is 1.94 bits per heavy atom. The fourth-order valence-corrected chi connectivity index (χ4v) is 4.19. The smallest absolute Gasteiger partial charge is 0.414 e. The molecule has 3 heterocycles. The normalized spacial score (nSPS) is 17.8. The van der Waals surface area contributed by atoms with E-state index >= 15 is 0 Å². The maximum Gasteiger partial charge on any atom is 0.414 e. The Labute approximate surface area is 211 Å². The highest BCUT2D eigenvalue weighted by Gasteiger charge is 2.33. The summed E-state index contributed by atoms with van der Waals surface area (Å²) in [5.41, 5.74) is 1.72. The molecule has 0 bridgehead atoms. The third kappa shape index (κ3) is 5.42. The number of morpholine rings is 1. The predicted octanol–water partition coefficient (Wildman–Crippen LogP) is 3.29. The van der Waals surface area contributed by atoms with Crippen LogP contribution in [0.5, 0.6) is 0 Å². The summed E-state index contributed by atoms with van der Waals surface area (Å²) >= 11 is 5.83. The van der Waals surface area contributed by atoms with Crippen molar-refractivity contribution in [2.75, 3.05) is 42.6 Å². The molecule has 1 amide bonds. The molecule has 0 saturated carbocycles. The van der Waals surface area contributed by atoms with Gasteiger partial charge in [-0.05, 0) is 42.5 Å². The number of hydrogen-bond acceptors (Lipinski definition) is 8. The number of hydrogen-bond donors (Lipinski definition) is 0. The lowest BCUT2D eigenvalue weighted by Gasteiger charge is -2.29. The van der Waals surface area contributed by atoms with Crippen LogP contribution < -0.4 is 9.80 Å². The van der Waals surface area contributed by atoms with Crippen molar-refractivity contribution in [3.8, 4) is 0 Å². The maximum atomic E-state index is 14.8. The van der Waals surface area contributed by atoms with Crippen molar-refractivity contribution in [1.29, 1.82) is 0 Å². The second-order valence-electron chi connectivity index (χ2n) is 8.37. The monoisotopic (exact) mass is 515 g/mol. The van der Waals surface area contributed by atoms with Crippen molar-refractivity contribution >= 4 is 35.0 Å². The van der Waals surface area contributed by atoms with Gasteiger partial charge >= 0.3 is 12.1 Å². The Hall–Kier alpha value is -3.70. The second-order valence-corrected chi connectivity index (χ2v) is 8.80. The van der Waals surface area contributed by atoms with Gasteiger partial charge in [0.1, 0.15) is 24.2 Å². The van der Waals surface area contributed by atoms with E-state index in [0.29, 0.717) is 54.0 Å². The minimum absolute atomic E-state index is 0.0627. The van der Waals surface area contributed by atoms with Crippen molar-refractivity contribution in [2.24, 2.45) is 0 Å². The van der Waals surface area contributed by atoms with Crippen molar-refractivity contribution in [1.82, 2.24) is 15.0 Å². The van der Waals surface area contributed by atoms with Crippen LogP contribution in [0, 0.1) is 5.82 Å². The first-order valence-electron chi connectivity index (χ1n) is 11.4. The molecule has 2 aromatic carbocycles. The average Bonchev–Trinajstić information content (AvgIpc) is 3.49. The van der Waals surface area contributed by atoms with E-state index in [1.165, 1.54) is 15.6 Å². The first-order valence-corrected chi connectivity index (χ1v) is 11.8. The molecule has 3 aromatic rings. The molecule has 10 nitrogen and oxygen atoms in total. The number of esters is 1. The number of amides is 1. The van der Waals surface area contributed by atoms with Gasteiger partial charge in [-0.15, -0.1) is 5.10 Å². The van der Waals surface area contributed by atoms with Gasteiger partial charge in [0.25, 0.3) is 0 Å². The number of cyclic esters (lactones) is 1. The van der Waals surface area contributed by atoms with Crippen LogP contribution in [0.1, 0.15) is 16.1 Å². The van der Waals surface area contributed by atoms with E-state index in [1.807, 2.05) is 4.90 Å². The molecule has 0 spiro atoms. The van der Waals surface area contributed by atoms with Crippen LogP contribution in [0.4, 0.5) is 20.6 Å². The molecule has 0 radical (unpaired) electrons. The number of halogens is 2. The number of ether oxygens (including phenoxy) is 3. The molecule has 36 heavy (non-hydrogen) atoms. The van der Waals surface area contributed by atoms with Crippen LogP contribution in [0.15, 0.2) is 48.7 Å². The third-order valence-electron chi connectivity index (χ3n) is 5.88. The molecule has 2 aliphatic heterocycles. The van der Waals surface area contributed by atoms with Crippen LogP contribution >= 0.6 is 11.6 Å². The highest BCUT2D eigenvalue weighted by Crippen LogP contribution is 2.28. The fourth-order valence-electron chi connectivity index (χ4n) is 4.06. The third-order valence-corrected chi connectivity index (χ3v) is 6.13. The van der Waals surface area contributed by atoms with Crippen molar-refractivity contribution < 1.29 is 28.2 Å². The number of anilines is 2. The molecular formula is C24H23ClFN5O5. The van der Waals surface area contributed by atoms with E-state index in [-0.39, 0.29) is 19.7 Å². The van der Waals surface area contributed by atoms with Crippen molar-refractivity contribution in [3.05, 3.63) is 70.8 Å².